The number of rotatable bonds is 6. The van der Waals surface area contributed by atoms with Crippen LogP contribution in [0.15, 0.2) is 34.7 Å². The standard InChI is InChI=1S/C19H24N2O4/c1-5-17(22)21-15-8-6-7-14(10-15)18(23)20-11-19(4,24)16-9-12(2)25-13(16)3/h6-10,24H,5,11H2,1-4H3,(H,20,23)(H,21,22)/t19-/m0/s1. The van der Waals surface area contributed by atoms with Crippen molar-refractivity contribution in [2.24, 2.45) is 0 Å². The second-order valence-electron chi connectivity index (χ2n) is 6.27. The minimum absolute atomic E-state index is 0.0389. The van der Waals surface area contributed by atoms with Crippen LogP contribution >= 0.6 is 0 Å². The van der Waals surface area contributed by atoms with Gasteiger partial charge in [0.15, 0.2) is 0 Å². The number of nitrogens with one attached hydrogen (secondary N) is 2. The average Bonchev–Trinajstić information content (AvgIpc) is 2.92. The molecule has 6 nitrogen and oxygen atoms in total. The highest BCUT2D eigenvalue weighted by Gasteiger charge is 2.28. The first-order valence-electron chi connectivity index (χ1n) is 8.21. The molecule has 0 spiro atoms. The van der Waals surface area contributed by atoms with Gasteiger partial charge < -0.3 is 20.2 Å². The van der Waals surface area contributed by atoms with Crippen molar-refractivity contribution in [1.29, 1.82) is 0 Å². The number of hydrogen-bond acceptors (Lipinski definition) is 4. The Bertz CT molecular complexity index is 777. The van der Waals surface area contributed by atoms with Crippen molar-refractivity contribution in [2.75, 3.05) is 11.9 Å². The summed E-state index contributed by atoms with van der Waals surface area (Å²) in [6.45, 7) is 7.01. The molecule has 2 rings (SSSR count). The molecule has 0 fully saturated rings. The van der Waals surface area contributed by atoms with Gasteiger partial charge in [-0.3, -0.25) is 9.59 Å². The van der Waals surface area contributed by atoms with Gasteiger partial charge in [-0.1, -0.05) is 13.0 Å². The molecule has 0 saturated carbocycles. The predicted molar refractivity (Wildman–Crippen MR) is 95.4 cm³/mol. The molecular weight excluding hydrogens is 320 g/mol. The SMILES string of the molecule is CCC(=O)Nc1cccc(C(=O)NC[C@](C)(O)c2cc(C)oc2C)c1. The maximum absolute atomic E-state index is 12.4. The third kappa shape index (κ3) is 4.70. The molecule has 1 atom stereocenters. The summed E-state index contributed by atoms with van der Waals surface area (Å²) in [5.41, 5.74) is 0.373. The highest BCUT2D eigenvalue weighted by Crippen LogP contribution is 2.26. The number of furan rings is 1. The van der Waals surface area contributed by atoms with Crippen molar-refractivity contribution < 1.29 is 19.1 Å². The molecule has 2 aromatic rings. The Labute approximate surface area is 147 Å². The van der Waals surface area contributed by atoms with E-state index in [1.54, 1.807) is 58.0 Å². The van der Waals surface area contributed by atoms with Crippen molar-refractivity contribution in [1.82, 2.24) is 5.32 Å². The second kappa shape index (κ2) is 7.53. The summed E-state index contributed by atoms with van der Waals surface area (Å²) in [7, 11) is 0. The second-order valence-corrected chi connectivity index (χ2v) is 6.27. The van der Waals surface area contributed by atoms with Crippen LogP contribution in [0, 0.1) is 13.8 Å². The highest BCUT2D eigenvalue weighted by molar-refractivity contribution is 5.97. The van der Waals surface area contributed by atoms with Gasteiger partial charge in [0.05, 0.1) is 6.54 Å². The van der Waals surface area contributed by atoms with Crippen molar-refractivity contribution in [3.63, 3.8) is 0 Å². The van der Waals surface area contributed by atoms with E-state index in [0.717, 1.165) is 0 Å². The Kier molecular flexibility index (Phi) is 5.64. The Hall–Kier alpha value is -2.60. The van der Waals surface area contributed by atoms with E-state index in [4.69, 9.17) is 4.42 Å². The van der Waals surface area contributed by atoms with Crippen LogP contribution in [0.3, 0.4) is 0 Å². The van der Waals surface area contributed by atoms with Gasteiger partial charge in [0.1, 0.15) is 17.1 Å². The van der Waals surface area contributed by atoms with E-state index < -0.39 is 5.60 Å². The molecule has 0 bridgehead atoms. The number of amides is 2. The number of carbonyl (C=O) groups is 2. The summed E-state index contributed by atoms with van der Waals surface area (Å²) in [6, 6.07) is 8.44. The normalized spacial score (nSPS) is 13.2. The fourth-order valence-corrected chi connectivity index (χ4v) is 2.60. The van der Waals surface area contributed by atoms with E-state index in [1.165, 1.54) is 0 Å². The zero-order chi connectivity index (χ0) is 18.6. The number of carbonyl (C=O) groups excluding carboxylic acids is 2. The van der Waals surface area contributed by atoms with Crippen LogP contribution < -0.4 is 10.6 Å². The minimum atomic E-state index is -1.24. The average molecular weight is 344 g/mol. The summed E-state index contributed by atoms with van der Waals surface area (Å²) < 4.78 is 5.44. The van der Waals surface area contributed by atoms with Crippen molar-refractivity contribution in [2.45, 2.75) is 39.7 Å². The molecule has 0 saturated heterocycles. The van der Waals surface area contributed by atoms with Gasteiger partial charge in [-0.05, 0) is 45.0 Å². The lowest BCUT2D eigenvalue weighted by atomic mass is 9.96. The summed E-state index contributed by atoms with van der Waals surface area (Å²) in [4.78, 5) is 23.8. The lowest BCUT2D eigenvalue weighted by Crippen LogP contribution is -2.38. The van der Waals surface area contributed by atoms with Crippen molar-refractivity contribution in [3.05, 3.63) is 53.0 Å². The van der Waals surface area contributed by atoms with E-state index in [9.17, 15) is 14.7 Å². The molecule has 1 aromatic heterocycles. The molecule has 25 heavy (non-hydrogen) atoms. The molecule has 0 aliphatic rings. The van der Waals surface area contributed by atoms with Crippen molar-refractivity contribution >= 4 is 17.5 Å². The first kappa shape index (κ1) is 18.7. The predicted octanol–water partition coefficient (Wildman–Crippen LogP) is 2.88. The van der Waals surface area contributed by atoms with Crippen LogP contribution in [-0.2, 0) is 10.4 Å². The first-order valence-corrected chi connectivity index (χ1v) is 8.21. The Morgan fingerprint density at radius 2 is 1.96 bits per heavy atom. The van der Waals surface area contributed by atoms with Gasteiger partial charge in [0.25, 0.3) is 5.91 Å². The molecule has 0 aliphatic carbocycles. The Balaban J connectivity index is 2.06. The number of anilines is 1. The third-order valence-corrected chi connectivity index (χ3v) is 3.94. The molecule has 2 amide bonds. The van der Waals surface area contributed by atoms with Crippen molar-refractivity contribution in [3.8, 4) is 0 Å². The number of aryl methyl sites for hydroxylation is 2. The zero-order valence-electron chi connectivity index (χ0n) is 15.0. The van der Waals surface area contributed by atoms with Crippen LogP contribution in [0.1, 0.15) is 47.7 Å². The van der Waals surface area contributed by atoms with E-state index in [1.807, 2.05) is 0 Å². The molecule has 0 aliphatic heterocycles. The van der Waals surface area contributed by atoms with E-state index in [-0.39, 0.29) is 18.4 Å². The monoisotopic (exact) mass is 344 g/mol. The number of hydrogen-bond donors (Lipinski definition) is 3. The van der Waals surface area contributed by atoms with Gasteiger partial charge in [-0.15, -0.1) is 0 Å². The molecule has 3 N–H and O–H groups in total. The van der Waals surface area contributed by atoms with Crippen LogP contribution in [0.5, 0.6) is 0 Å². The van der Waals surface area contributed by atoms with E-state index >= 15 is 0 Å². The first-order chi connectivity index (χ1) is 11.7. The molecule has 1 aromatic carbocycles. The number of aliphatic hydroxyl groups is 1. The zero-order valence-corrected chi connectivity index (χ0v) is 15.0. The fraction of sp³-hybridized carbons (Fsp3) is 0.368. The van der Waals surface area contributed by atoms with Crippen LogP contribution in [-0.4, -0.2) is 23.5 Å². The third-order valence-electron chi connectivity index (χ3n) is 3.94. The summed E-state index contributed by atoms with van der Waals surface area (Å²) in [5, 5.41) is 16.1. The van der Waals surface area contributed by atoms with Gasteiger partial charge >= 0.3 is 0 Å². The number of benzene rings is 1. The molecular formula is C19H24N2O4. The fourth-order valence-electron chi connectivity index (χ4n) is 2.60. The molecule has 1 heterocycles. The lowest BCUT2D eigenvalue weighted by Gasteiger charge is -2.23. The van der Waals surface area contributed by atoms with Crippen LogP contribution in [0.2, 0.25) is 0 Å². The molecule has 0 unspecified atom stereocenters. The van der Waals surface area contributed by atoms with Crippen LogP contribution in [0.4, 0.5) is 5.69 Å². The summed E-state index contributed by atoms with van der Waals surface area (Å²) in [5.74, 6) is 0.886. The molecule has 6 heteroatoms. The Morgan fingerprint density at radius 3 is 2.56 bits per heavy atom. The van der Waals surface area contributed by atoms with E-state index in [2.05, 4.69) is 10.6 Å². The molecule has 134 valence electrons. The van der Waals surface area contributed by atoms with Gasteiger partial charge in [-0.2, -0.15) is 0 Å². The van der Waals surface area contributed by atoms with Gasteiger partial charge in [-0.25, -0.2) is 0 Å². The van der Waals surface area contributed by atoms with Crippen LogP contribution in [0.25, 0.3) is 0 Å². The minimum Gasteiger partial charge on any atom is -0.466 e. The lowest BCUT2D eigenvalue weighted by molar-refractivity contribution is -0.115. The van der Waals surface area contributed by atoms with Gasteiger partial charge in [0, 0.05) is 23.2 Å². The Morgan fingerprint density at radius 1 is 1.24 bits per heavy atom. The highest BCUT2D eigenvalue weighted by atomic mass is 16.3. The molecule has 0 radical (unpaired) electrons. The van der Waals surface area contributed by atoms with E-state index in [0.29, 0.717) is 34.8 Å². The largest absolute Gasteiger partial charge is 0.466 e. The quantitative estimate of drug-likeness (QED) is 0.751. The maximum Gasteiger partial charge on any atom is 0.251 e. The van der Waals surface area contributed by atoms with Gasteiger partial charge in [0.2, 0.25) is 5.91 Å². The maximum atomic E-state index is 12.4. The summed E-state index contributed by atoms with van der Waals surface area (Å²) >= 11 is 0. The topological polar surface area (TPSA) is 91.6 Å². The summed E-state index contributed by atoms with van der Waals surface area (Å²) in [6.07, 6.45) is 0.364. The smallest absolute Gasteiger partial charge is 0.251 e.